The average molecular weight is 395 g/mol. The number of aryl methyl sites for hydroxylation is 2. The summed E-state index contributed by atoms with van der Waals surface area (Å²) in [5.74, 6) is 0.439. The van der Waals surface area contributed by atoms with Crippen LogP contribution >= 0.6 is 0 Å². The highest BCUT2D eigenvalue weighted by atomic mass is 16.3. The Morgan fingerprint density at radius 2 is 1.48 bits per heavy atom. The molecule has 1 aliphatic rings. The van der Waals surface area contributed by atoms with Crippen LogP contribution < -0.4 is 0 Å². The van der Waals surface area contributed by atoms with Crippen molar-refractivity contribution in [3.63, 3.8) is 0 Å². The predicted octanol–water partition coefficient (Wildman–Crippen LogP) is 6.68. The van der Waals surface area contributed by atoms with Gasteiger partial charge in [0.05, 0.1) is 6.61 Å². The first-order chi connectivity index (χ1) is 14.1. The molecule has 3 rings (SSSR count). The number of aliphatic hydroxyl groups excluding tert-OH is 1. The molecule has 0 spiro atoms. The first-order valence-electron chi connectivity index (χ1n) is 11.3. The van der Waals surface area contributed by atoms with Gasteiger partial charge in [-0.3, -0.25) is 4.79 Å². The SMILES string of the molecule is CCc1ccc(CCCCC2(C(C)=O)CCCCC2)cc1.OCc1ccccc1. The second-order valence-electron chi connectivity index (χ2n) is 8.42. The molecule has 1 saturated carbocycles. The molecule has 2 aromatic carbocycles. The minimum Gasteiger partial charge on any atom is -0.392 e. The Hall–Kier alpha value is -1.93. The quantitative estimate of drug-likeness (QED) is 0.507. The van der Waals surface area contributed by atoms with E-state index < -0.39 is 0 Å². The Bertz CT molecular complexity index is 697. The van der Waals surface area contributed by atoms with Crippen molar-refractivity contribution in [1.82, 2.24) is 0 Å². The van der Waals surface area contributed by atoms with Crippen LogP contribution in [0.4, 0.5) is 0 Å². The standard InChI is InChI=1S/C20H30O.C7H8O/c1-3-18-10-12-19(13-11-18)9-5-8-16-20(17(2)21)14-6-4-7-15-20;8-6-7-4-2-1-3-5-7/h10-13H,3-9,14-16H2,1-2H3;1-5,8H,6H2. The molecule has 29 heavy (non-hydrogen) atoms. The van der Waals surface area contributed by atoms with Crippen molar-refractivity contribution in [3.05, 3.63) is 71.3 Å². The van der Waals surface area contributed by atoms with Crippen molar-refractivity contribution >= 4 is 5.78 Å². The summed E-state index contributed by atoms with van der Waals surface area (Å²) < 4.78 is 0. The van der Waals surface area contributed by atoms with E-state index in [4.69, 9.17) is 5.11 Å². The van der Waals surface area contributed by atoms with E-state index in [-0.39, 0.29) is 12.0 Å². The van der Waals surface area contributed by atoms with E-state index >= 15 is 0 Å². The molecule has 2 nitrogen and oxygen atoms in total. The number of hydrogen-bond acceptors (Lipinski definition) is 2. The monoisotopic (exact) mass is 394 g/mol. The maximum atomic E-state index is 12.1. The van der Waals surface area contributed by atoms with Crippen LogP contribution in [0, 0.1) is 5.41 Å². The Morgan fingerprint density at radius 3 is 2.00 bits per heavy atom. The summed E-state index contributed by atoms with van der Waals surface area (Å²) in [6, 6.07) is 18.5. The normalized spacial score (nSPS) is 15.3. The average Bonchev–Trinajstić information content (AvgIpc) is 2.78. The van der Waals surface area contributed by atoms with Gasteiger partial charge in [-0.2, -0.15) is 0 Å². The fourth-order valence-electron chi connectivity index (χ4n) is 4.32. The highest BCUT2D eigenvalue weighted by Gasteiger charge is 2.35. The number of ketones is 1. The zero-order valence-corrected chi connectivity index (χ0v) is 18.3. The lowest BCUT2D eigenvalue weighted by molar-refractivity contribution is -0.128. The number of hydrogen-bond donors (Lipinski definition) is 1. The number of carbonyl (C=O) groups excluding carboxylic acids is 1. The van der Waals surface area contributed by atoms with Gasteiger partial charge in [-0.15, -0.1) is 0 Å². The number of benzene rings is 2. The molecule has 2 heteroatoms. The molecule has 0 aromatic heterocycles. The molecule has 2 aromatic rings. The number of rotatable bonds is 8. The summed E-state index contributed by atoms with van der Waals surface area (Å²) in [5.41, 5.74) is 3.85. The van der Waals surface area contributed by atoms with Crippen LogP contribution in [-0.2, 0) is 24.2 Å². The van der Waals surface area contributed by atoms with Gasteiger partial charge < -0.3 is 5.11 Å². The fraction of sp³-hybridized carbons (Fsp3) is 0.519. The van der Waals surface area contributed by atoms with Crippen LogP contribution in [0.3, 0.4) is 0 Å². The number of unbranched alkanes of at least 4 members (excludes halogenated alkanes) is 1. The molecule has 0 heterocycles. The van der Waals surface area contributed by atoms with Crippen LogP contribution in [0.2, 0.25) is 0 Å². The molecule has 1 aliphatic carbocycles. The van der Waals surface area contributed by atoms with Crippen LogP contribution in [-0.4, -0.2) is 10.9 Å². The van der Waals surface area contributed by atoms with Gasteiger partial charge in [0.2, 0.25) is 0 Å². The molecule has 158 valence electrons. The van der Waals surface area contributed by atoms with E-state index in [9.17, 15) is 4.79 Å². The molecule has 0 radical (unpaired) electrons. The Balaban J connectivity index is 0.000000313. The highest BCUT2D eigenvalue weighted by molar-refractivity contribution is 5.82. The third-order valence-corrected chi connectivity index (χ3v) is 6.38. The third-order valence-electron chi connectivity index (χ3n) is 6.38. The maximum Gasteiger partial charge on any atom is 0.135 e. The van der Waals surface area contributed by atoms with E-state index in [1.165, 1.54) is 43.2 Å². The zero-order valence-electron chi connectivity index (χ0n) is 18.3. The smallest absolute Gasteiger partial charge is 0.135 e. The summed E-state index contributed by atoms with van der Waals surface area (Å²) >= 11 is 0. The van der Waals surface area contributed by atoms with E-state index in [0.29, 0.717) is 5.78 Å². The van der Waals surface area contributed by atoms with Gasteiger partial charge in [0.25, 0.3) is 0 Å². The van der Waals surface area contributed by atoms with Gasteiger partial charge >= 0.3 is 0 Å². The van der Waals surface area contributed by atoms with Crippen LogP contribution in [0.15, 0.2) is 54.6 Å². The summed E-state index contributed by atoms with van der Waals surface area (Å²) in [5, 5.41) is 8.54. The van der Waals surface area contributed by atoms with Crippen molar-refractivity contribution in [2.45, 2.75) is 84.7 Å². The van der Waals surface area contributed by atoms with E-state index in [1.54, 1.807) is 0 Å². The molecule has 0 bridgehead atoms. The molecule has 0 atom stereocenters. The van der Waals surface area contributed by atoms with E-state index in [0.717, 1.165) is 37.7 Å². The van der Waals surface area contributed by atoms with E-state index in [1.807, 2.05) is 37.3 Å². The van der Waals surface area contributed by atoms with Gasteiger partial charge in [0.1, 0.15) is 5.78 Å². The van der Waals surface area contributed by atoms with Crippen molar-refractivity contribution in [3.8, 4) is 0 Å². The second-order valence-corrected chi connectivity index (χ2v) is 8.42. The summed E-state index contributed by atoms with van der Waals surface area (Å²) in [6.45, 7) is 4.15. The third kappa shape index (κ3) is 7.78. The number of Topliss-reactive ketones (excluding diaryl/α,β-unsaturated/α-hetero) is 1. The lowest BCUT2D eigenvalue weighted by Crippen LogP contribution is -2.31. The highest BCUT2D eigenvalue weighted by Crippen LogP contribution is 2.41. The molecule has 0 saturated heterocycles. The zero-order chi connectivity index (χ0) is 21.0. The van der Waals surface area contributed by atoms with Gasteiger partial charge in [-0.1, -0.05) is 87.2 Å². The van der Waals surface area contributed by atoms with Gasteiger partial charge in [-0.25, -0.2) is 0 Å². The van der Waals surface area contributed by atoms with Crippen LogP contribution in [0.1, 0.15) is 81.9 Å². The molecule has 0 amide bonds. The van der Waals surface area contributed by atoms with Crippen LogP contribution in [0.25, 0.3) is 0 Å². The fourth-order valence-corrected chi connectivity index (χ4v) is 4.32. The molecule has 1 N–H and O–H groups in total. The van der Waals surface area contributed by atoms with E-state index in [2.05, 4.69) is 31.2 Å². The predicted molar refractivity (Wildman–Crippen MR) is 122 cm³/mol. The number of carbonyl (C=O) groups is 1. The van der Waals surface area contributed by atoms with Crippen LogP contribution in [0.5, 0.6) is 0 Å². The Labute approximate surface area is 177 Å². The molecular formula is C27H38O2. The molecule has 1 fully saturated rings. The van der Waals surface area contributed by atoms with Crippen molar-refractivity contribution in [1.29, 1.82) is 0 Å². The summed E-state index contributed by atoms with van der Waals surface area (Å²) in [6.07, 6.45) is 11.8. The van der Waals surface area contributed by atoms with Crippen molar-refractivity contribution in [2.75, 3.05) is 0 Å². The lowest BCUT2D eigenvalue weighted by atomic mass is 9.68. The number of aliphatic hydroxyl groups is 1. The maximum absolute atomic E-state index is 12.1. The molecule has 0 unspecified atom stereocenters. The molecular weight excluding hydrogens is 356 g/mol. The van der Waals surface area contributed by atoms with Crippen molar-refractivity contribution in [2.24, 2.45) is 5.41 Å². The van der Waals surface area contributed by atoms with Gasteiger partial charge in [0, 0.05) is 5.41 Å². The summed E-state index contributed by atoms with van der Waals surface area (Å²) in [4.78, 5) is 12.1. The second kappa shape index (κ2) is 12.6. The van der Waals surface area contributed by atoms with Crippen molar-refractivity contribution < 1.29 is 9.90 Å². The minimum absolute atomic E-state index is 0.0321. The minimum atomic E-state index is 0.0321. The Morgan fingerprint density at radius 1 is 0.862 bits per heavy atom. The lowest BCUT2D eigenvalue weighted by Gasteiger charge is -2.35. The largest absolute Gasteiger partial charge is 0.392 e. The summed E-state index contributed by atoms with van der Waals surface area (Å²) in [7, 11) is 0. The Kier molecular flexibility index (Phi) is 10.1. The topological polar surface area (TPSA) is 37.3 Å². The first-order valence-corrected chi connectivity index (χ1v) is 11.3. The van der Waals surface area contributed by atoms with Gasteiger partial charge in [0.15, 0.2) is 0 Å². The molecule has 0 aliphatic heterocycles. The first kappa shape index (κ1) is 23.3. The van der Waals surface area contributed by atoms with Gasteiger partial charge in [-0.05, 0) is 62.1 Å².